The number of fused-ring (bicyclic) bond motifs is 1. The molecule has 3 aliphatic rings. The van der Waals surface area contributed by atoms with E-state index in [1.54, 1.807) is 0 Å². The second-order valence-corrected chi connectivity index (χ2v) is 6.62. The molecule has 1 aliphatic carbocycles. The van der Waals surface area contributed by atoms with E-state index in [-0.39, 0.29) is 6.79 Å². The van der Waals surface area contributed by atoms with E-state index in [0.717, 1.165) is 47.9 Å². The molecule has 2 aliphatic heterocycles. The number of ether oxygens (including phenoxy) is 2. The Morgan fingerprint density at radius 1 is 1.09 bits per heavy atom. The highest BCUT2D eigenvalue weighted by Crippen LogP contribution is 2.53. The number of nitrogens with zero attached hydrogens (tertiary/aromatic N) is 2. The van der Waals surface area contributed by atoms with E-state index in [1.165, 1.54) is 19.3 Å². The van der Waals surface area contributed by atoms with Crippen LogP contribution in [0.2, 0.25) is 0 Å². The summed E-state index contributed by atoms with van der Waals surface area (Å²) < 4.78 is 16.3. The maximum Gasteiger partial charge on any atom is 0.231 e. The molecule has 6 nitrogen and oxygen atoms in total. The quantitative estimate of drug-likeness (QED) is 0.939. The average molecular weight is 313 g/mol. The van der Waals surface area contributed by atoms with Crippen molar-refractivity contribution in [2.45, 2.75) is 25.2 Å². The Bertz CT molecular complexity index is 724. The van der Waals surface area contributed by atoms with Gasteiger partial charge in [0.1, 0.15) is 0 Å². The first-order chi connectivity index (χ1) is 11.4. The standard InChI is InChI=1S/C17H19N3O3/c1-2-14-15(22-9-21-14)7-11(1)16-19-17(23-20-16)13-8-12(13)10-3-5-18-6-4-10/h1-2,7,10,12-13,18H,3-6,8-9H2/t12-,13+/m1/s1. The summed E-state index contributed by atoms with van der Waals surface area (Å²) in [5.41, 5.74) is 0.906. The van der Waals surface area contributed by atoms with Crippen LogP contribution >= 0.6 is 0 Å². The lowest BCUT2D eigenvalue weighted by atomic mass is 9.92. The van der Waals surface area contributed by atoms with Crippen LogP contribution in [-0.2, 0) is 0 Å². The number of hydrogen-bond acceptors (Lipinski definition) is 6. The van der Waals surface area contributed by atoms with Gasteiger partial charge < -0.3 is 19.3 Å². The molecule has 3 heterocycles. The number of piperidine rings is 1. The van der Waals surface area contributed by atoms with E-state index in [1.807, 2.05) is 18.2 Å². The highest BCUT2D eigenvalue weighted by molar-refractivity contribution is 5.61. The first kappa shape index (κ1) is 13.4. The number of hydrogen-bond donors (Lipinski definition) is 1. The fraction of sp³-hybridized carbons (Fsp3) is 0.529. The molecule has 6 heteroatoms. The van der Waals surface area contributed by atoms with Crippen molar-refractivity contribution in [3.63, 3.8) is 0 Å². The van der Waals surface area contributed by atoms with E-state index in [4.69, 9.17) is 14.0 Å². The molecule has 1 aromatic heterocycles. The van der Waals surface area contributed by atoms with Crippen LogP contribution in [0.25, 0.3) is 11.4 Å². The second kappa shape index (κ2) is 5.23. The van der Waals surface area contributed by atoms with Crippen molar-refractivity contribution in [2.75, 3.05) is 19.9 Å². The number of aromatic nitrogens is 2. The van der Waals surface area contributed by atoms with Gasteiger partial charge in [-0.1, -0.05) is 5.16 Å². The fourth-order valence-corrected chi connectivity index (χ4v) is 3.83. The molecule has 1 saturated heterocycles. The van der Waals surface area contributed by atoms with E-state index in [9.17, 15) is 0 Å². The van der Waals surface area contributed by atoms with E-state index < -0.39 is 0 Å². The van der Waals surface area contributed by atoms with Gasteiger partial charge in [0, 0.05) is 11.5 Å². The molecule has 0 unspecified atom stereocenters. The van der Waals surface area contributed by atoms with Crippen molar-refractivity contribution in [2.24, 2.45) is 11.8 Å². The van der Waals surface area contributed by atoms with Crippen molar-refractivity contribution < 1.29 is 14.0 Å². The molecule has 120 valence electrons. The SMILES string of the molecule is c1cc2c(cc1-c1noc([C@H]3C[C@@H]3C3CCNCC3)n1)OCO2. The van der Waals surface area contributed by atoms with Crippen LogP contribution in [-0.4, -0.2) is 30.0 Å². The highest BCUT2D eigenvalue weighted by atomic mass is 16.7. The Hall–Kier alpha value is -2.08. The lowest BCUT2D eigenvalue weighted by molar-refractivity contribution is 0.174. The van der Waals surface area contributed by atoms with Crippen molar-refractivity contribution in [1.82, 2.24) is 15.5 Å². The van der Waals surface area contributed by atoms with E-state index in [2.05, 4.69) is 15.5 Å². The summed E-state index contributed by atoms with van der Waals surface area (Å²) >= 11 is 0. The van der Waals surface area contributed by atoms with Crippen LogP contribution in [0.5, 0.6) is 11.5 Å². The maximum absolute atomic E-state index is 5.53. The monoisotopic (exact) mass is 313 g/mol. The minimum Gasteiger partial charge on any atom is -0.454 e. The molecule has 5 rings (SSSR count). The molecule has 1 N–H and O–H groups in total. The van der Waals surface area contributed by atoms with Gasteiger partial charge in [0.2, 0.25) is 18.5 Å². The predicted octanol–water partition coefficient (Wildman–Crippen LogP) is 2.57. The van der Waals surface area contributed by atoms with Gasteiger partial charge in [0.15, 0.2) is 11.5 Å². The molecule has 23 heavy (non-hydrogen) atoms. The molecule has 0 spiro atoms. The normalized spacial score (nSPS) is 26.4. The number of nitrogens with one attached hydrogen (secondary N) is 1. The minimum absolute atomic E-state index is 0.274. The second-order valence-electron chi connectivity index (χ2n) is 6.62. The zero-order valence-electron chi connectivity index (χ0n) is 12.8. The average Bonchev–Trinajstić information content (AvgIpc) is 3.04. The molecule has 0 radical (unpaired) electrons. The first-order valence-electron chi connectivity index (χ1n) is 8.33. The molecule has 1 aromatic carbocycles. The predicted molar refractivity (Wildman–Crippen MR) is 82.3 cm³/mol. The largest absolute Gasteiger partial charge is 0.454 e. The molecule has 1 saturated carbocycles. The zero-order valence-corrected chi connectivity index (χ0v) is 12.8. The Morgan fingerprint density at radius 3 is 2.87 bits per heavy atom. The van der Waals surface area contributed by atoms with Crippen molar-refractivity contribution in [3.8, 4) is 22.9 Å². The minimum atomic E-state index is 0.274. The third kappa shape index (κ3) is 2.37. The van der Waals surface area contributed by atoms with Gasteiger partial charge in [-0.25, -0.2) is 0 Å². The van der Waals surface area contributed by atoms with Gasteiger partial charge in [-0.2, -0.15) is 4.98 Å². The Balaban J connectivity index is 1.33. The third-order valence-electron chi connectivity index (χ3n) is 5.22. The van der Waals surface area contributed by atoms with Gasteiger partial charge in [-0.15, -0.1) is 0 Å². The van der Waals surface area contributed by atoms with Gasteiger partial charge >= 0.3 is 0 Å². The van der Waals surface area contributed by atoms with Crippen LogP contribution in [0.4, 0.5) is 0 Å². The van der Waals surface area contributed by atoms with Crippen molar-refractivity contribution in [1.29, 1.82) is 0 Å². The highest BCUT2D eigenvalue weighted by Gasteiger charge is 2.47. The summed E-state index contributed by atoms with van der Waals surface area (Å²) in [4.78, 5) is 4.62. The maximum atomic E-state index is 5.53. The Morgan fingerprint density at radius 2 is 1.96 bits per heavy atom. The van der Waals surface area contributed by atoms with Gasteiger partial charge in [0.05, 0.1) is 0 Å². The first-order valence-corrected chi connectivity index (χ1v) is 8.33. The van der Waals surface area contributed by atoms with Crippen LogP contribution in [0.1, 0.15) is 31.1 Å². The Labute approximate surface area is 134 Å². The zero-order chi connectivity index (χ0) is 15.2. The van der Waals surface area contributed by atoms with E-state index >= 15 is 0 Å². The van der Waals surface area contributed by atoms with Crippen molar-refractivity contribution >= 4 is 0 Å². The molecule has 0 amide bonds. The topological polar surface area (TPSA) is 69.4 Å². The summed E-state index contributed by atoms with van der Waals surface area (Å²) in [6.07, 6.45) is 3.72. The molecule has 2 fully saturated rings. The Kier molecular flexibility index (Phi) is 3.04. The molecule has 2 atom stereocenters. The van der Waals surface area contributed by atoms with Crippen LogP contribution in [0.15, 0.2) is 22.7 Å². The summed E-state index contributed by atoms with van der Waals surface area (Å²) in [5.74, 6) is 4.92. The number of rotatable bonds is 3. The van der Waals surface area contributed by atoms with Gasteiger partial charge in [-0.05, 0) is 62.4 Å². The molecular formula is C17H19N3O3. The summed E-state index contributed by atoms with van der Waals surface area (Å²) in [6, 6.07) is 5.75. The van der Waals surface area contributed by atoms with Crippen LogP contribution < -0.4 is 14.8 Å². The van der Waals surface area contributed by atoms with Gasteiger partial charge in [0.25, 0.3) is 0 Å². The van der Waals surface area contributed by atoms with E-state index in [0.29, 0.717) is 11.7 Å². The molecule has 2 aromatic rings. The summed E-state index contributed by atoms with van der Waals surface area (Å²) in [7, 11) is 0. The molecular weight excluding hydrogens is 294 g/mol. The fourth-order valence-electron chi connectivity index (χ4n) is 3.83. The third-order valence-corrected chi connectivity index (χ3v) is 5.22. The summed E-state index contributed by atoms with van der Waals surface area (Å²) in [6.45, 7) is 2.55. The summed E-state index contributed by atoms with van der Waals surface area (Å²) in [5, 5.41) is 7.58. The van der Waals surface area contributed by atoms with Crippen LogP contribution in [0, 0.1) is 11.8 Å². The van der Waals surface area contributed by atoms with Crippen molar-refractivity contribution in [3.05, 3.63) is 24.1 Å². The smallest absolute Gasteiger partial charge is 0.231 e. The van der Waals surface area contributed by atoms with Gasteiger partial charge in [-0.3, -0.25) is 0 Å². The lowest BCUT2D eigenvalue weighted by Gasteiger charge is -2.22. The van der Waals surface area contributed by atoms with Crippen LogP contribution in [0.3, 0.4) is 0 Å². The number of benzene rings is 1. The lowest BCUT2D eigenvalue weighted by Crippen LogP contribution is -2.28. The molecule has 0 bridgehead atoms.